The molecule has 1 saturated heterocycles. The van der Waals surface area contributed by atoms with Gasteiger partial charge in [-0.2, -0.15) is 0 Å². The normalized spacial score (nSPS) is 20.1. The van der Waals surface area contributed by atoms with Gasteiger partial charge in [0.2, 0.25) is 5.91 Å². The second kappa shape index (κ2) is 5.75. The molecule has 1 aliphatic heterocycles. The summed E-state index contributed by atoms with van der Waals surface area (Å²) in [5.74, 6) is 0.242. The third kappa shape index (κ3) is 4.11. The van der Waals surface area contributed by atoms with E-state index in [1.54, 1.807) is 0 Å². The molecule has 0 aromatic rings. The molecule has 0 saturated carbocycles. The Balaban J connectivity index is 2.40. The van der Waals surface area contributed by atoms with Crippen LogP contribution in [0, 0.1) is 5.41 Å². The molecule has 1 fully saturated rings. The van der Waals surface area contributed by atoms with Gasteiger partial charge in [-0.3, -0.25) is 4.79 Å². The van der Waals surface area contributed by atoms with Crippen LogP contribution >= 0.6 is 0 Å². The lowest BCUT2D eigenvalue weighted by Gasteiger charge is -2.23. The number of likely N-dealkylation sites (tertiary alicyclic amines) is 1. The van der Waals surface area contributed by atoms with Crippen LogP contribution in [0.15, 0.2) is 5.11 Å². The van der Waals surface area contributed by atoms with E-state index in [2.05, 4.69) is 23.9 Å². The first-order valence-electron chi connectivity index (χ1n) is 5.84. The molecule has 16 heavy (non-hydrogen) atoms. The number of amides is 1. The maximum atomic E-state index is 11.8. The van der Waals surface area contributed by atoms with E-state index in [1.165, 1.54) is 0 Å². The van der Waals surface area contributed by atoms with E-state index in [9.17, 15) is 4.79 Å². The third-order valence-electron chi connectivity index (χ3n) is 3.18. The molecule has 1 rings (SSSR count). The molecule has 0 radical (unpaired) electrons. The molecule has 0 unspecified atom stereocenters. The largest absolute Gasteiger partial charge is 0.343 e. The van der Waals surface area contributed by atoms with Crippen molar-refractivity contribution in [3.8, 4) is 0 Å². The number of rotatable bonds is 4. The fraction of sp³-hybridized carbons (Fsp3) is 0.909. The summed E-state index contributed by atoms with van der Waals surface area (Å²) in [6.07, 6.45) is 3.43. The second-order valence-electron chi connectivity index (χ2n) is 5.10. The first kappa shape index (κ1) is 12.8. The molecule has 1 amide bonds. The molecule has 5 heteroatoms. The molecule has 90 valence electrons. The van der Waals surface area contributed by atoms with E-state index in [-0.39, 0.29) is 11.3 Å². The molecule has 0 atom stereocenters. The van der Waals surface area contributed by atoms with Crippen LogP contribution in [0.2, 0.25) is 0 Å². The van der Waals surface area contributed by atoms with Gasteiger partial charge in [-0.25, -0.2) is 0 Å². The van der Waals surface area contributed by atoms with Crippen molar-refractivity contribution in [3.63, 3.8) is 0 Å². The Morgan fingerprint density at radius 1 is 1.50 bits per heavy atom. The van der Waals surface area contributed by atoms with Crippen LogP contribution in [-0.4, -0.2) is 30.4 Å². The van der Waals surface area contributed by atoms with Gasteiger partial charge < -0.3 is 4.90 Å². The Morgan fingerprint density at radius 2 is 2.25 bits per heavy atom. The van der Waals surface area contributed by atoms with Gasteiger partial charge in [-0.15, -0.1) is 0 Å². The zero-order valence-electron chi connectivity index (χ0n) is 10.1. The summed E-state index contributed by atoms with van der Waals surface area (Å²) in [7, 11) is 0. The quantitative estimate of drug-likeness (QED) is 0.313. The summed E-state index contributed by atoms with van der Waals surface area (Å²) < 4.78 is 0. The molecule has 0 aliphatic carbocycles. The van der Waals surface area contributed by atoms with Crippen molar-refractivity contribution < 1.29 is 4.79 Å². The number of hydrogen-bond acceptors (Lipinski definition) is 2. The molecule has 1 aliphatic rings. The standard InChI is InChI=1S/C11H20N4O/c1-11(2)5-4-10(16)15(9-6-11)8-3-7-13-14-12/h3-9H2,1-2H3. The van der Waals surface area contributed by atoms with Crippen LogP contribution in [0.5, 0.6) is 0 Å². The molecule has 0 aromatic carbocycles. The first-order chi connectivity index (χ1) is 7.55. The lowest BCUT2D eigenvalue weighted by Crippen LogP contribution is -2.31. The van der Waals surface area contributed by atoms with Crippen LogP contribution in [-0.2, 0) is 4.79 Å². The minimum atomic E-state index is 0.242. The van der Waals surface area contributed by atoms with Gasteiger partial charge in [0.25, 0.3) is 0 Å². The minimum absolute atomic E-state index is 0.242. The second-order valence-corrected chi connectivity index (χ2v) is 5.10. The van der Waals surface area contributed by atoms with E-state index < -0.39 is 0 Å². The Labute approximate surface area is 96.4 Å². The summed E-state index contributed by atoms with van der Waals surface area (Å²) in [5, 5.41) is 3.48. The first-order valence-corrected chi connectivity index (χ1v) is 5.84. The Morgan fingerprint density at radius 3 is 2.94 bits per heavy atom. The number of hydrogen-bond donors (Lipinski definition) is 0. The van der Waals surface area contributed by atoms with Crippen LogP contribution in [0.1, 0.15) is 39.5 Å². The van der Waals surface area contributed by atoms with Crippen molar-refractivity contribution in [1.82, 2.24) is 4.90 Å². The Bertz CT molecular complexity index is 294. The molecule has 0 bridgehead atoms. The van der Waals surface area contributed by atoms with Crippen molar-refractivity contribution >= 4 is 5.91 Å². The van der Waals surface area contributed by atoms with Crippen molar-refractivity contribution in [2.24, 2.45) is 10.5 Å². The summed E-state index contributed by atoms with van der Waals surface area (Å²) in [6.45, 7) is 6.45. The molecule has 0 N–H and O–H groups in total. The zero-order chi connectivity index (χ0) is 12.0. The van der Waals surface area contributed by atoms with Gasteiger partial charge in [0.05, 0.1) is 0 Å². The molecule has 0 aromatic heterocycles. The summed E-state index contributed by atoms with van der Waals surface area (Å²) in [4.78, 5) is 16.4. The zero-order valence-corrected chi connectivity index (χ0v) is 10.1. The van der Waals surface area contributed by atoms with E-state index in [4.69, 9.17) is 5.53 Å². The molecule has 1 heterocycles. The average molecular weight is 224 g/mol. The van der Waals surface area contributed by atoms with E-state index in [0.29, 0.717) is 19.5 Å². The van der Waals surface area contributed by atoms with Crippen molar-refractivity contribution in [1.29, 1.82) is 0 Å². The highest BCUT2D eigenvalue weighted by molar-refractivity contribution is 5.76. The fourth-order valence-corrected chi connectivity index (χ4v) is 1.90. The van der Waals surface area contributed by atoms with Gasteiger partial charge in [0.15, 0.2) is 0 Å². The lowest BCUT2D eigenvalue weighted by molar-refractivity contribution is -0.130. The summed E-state index contributed by atoms with van der Waals surface area (Å²) in [6, 6.07) is 0. The highest BCUT2D eigenvalue weighted by Gasteiger charge is 2.26. The molecular formula is C11H20N4O. The SMILES string of the molecule is CC1(C)CCC(=O)N(CCCN=[N+]=[N-])CC1. The van der Waals surface area contributed by atoms with Crippen LogP contribution < -0.4 is 0 Å². The van der Waals surface area contributed by atoms with E-state index >= 15 is 0 Å². The fourth-order valence-electron chi connectivity index (χ4n) is 1.90. The monoisotopic (exact) mass is 224 g/mol. The molecular weight excluding hydrogens is 204 g/mol. The van der Waals surface area contributed by atoms with Gasteiger partial charge in [-0.1, -0.05) is 19.0 Å². The van der Waals surface area contributed by atoms with Gasteiger partial charge in [0.1, 0.15) is 0 Å². The van der Waals surface area contributed by atoms with Crippen molar-refractivity contribution in [2.75, 3.05) is 19.6 Å². The number of azide groups is 1. The van der Waals surface area contributed by atoms with Crippen molar-refractivity contribution in [3.05, 3.63) is 10.4 Å². The molecule has 0 spiro atoms. The van der Waals surface area contributed by atoms with E-state index in [0.717, 1.165) is 25.8 Å². The Kier molecular flexibility index (Phi) is 4.62. The summed E-state index contributed by atoms with van der Waals surface area (Å²) >= 11 is 0. The van der Waals surface area contributed by atoms with Gasteiger partial charge >= 0.3 is 0 Å². The maximum absolute atomic E-state index is 11.8. The smallest absolute Gasteiger partial charge is 0.222 e. The predicted octanol–water partition coefficient (Wildman–Crippen LogP) is 2.73. The average Bonchev–Trinajstić information content (AvgIpc) is 2.36. The maximum Gasteiger partial charge on any atom is 0.222 e. The topological polar surface area (TPSA) is 69.1 Å². The van der Waals surface area contributed by atoms with Crippen LogP contribution in [0.25, 0.3) is 10.4 Å². The van der Waals surface area contributed by atoms with Gasteiger partial charge in [0, 0.05) is 31.0 Å². The Hall–Kier alpha value is -1.22. The van der Waals surface area contributed by atoms with Crippen LogP contribution in [0.4, 0.5) is 0 Å². The number of nitrogens with zero attached hydrogens (tertiary/aromatic N) is 4. The van der Waals surface area contributed by atoms with Crippen molar-refractivity contribution in [2.45, 2.75) is 39.5 Å². The lowest BCUT2D eigenvalue weighted by atomic mass is 9.85. The number of carbonyl (C=O) groups is 1. The molecule has 5 nitrogen and oxygen atoms in total. The van der Waals surface area contributed by atoms with Crippen LogP contribution in [0.3, 0.4) is 0 Å². The highest BCUT2D eigenvalue weighted by atomic mass is 16.2. The van der Waals surface area contributed by atoms with E-state index in [1.807, 2.05) is 4.90 Å². The number of carbonyl (C=O) groups excluding carboxylic acids is 1. The minimum Gasteiger partial charge on any atom is -0.343 e. The predicted molar refractivity (Wildman–Crippen MR) is 62.8 cm³/mol. The highest BCUT2D eigenvalue weighted by Crippen LogP contribution is 2.30. The summed E-state index contributed by atoms with van der Waals surface area (Å²) in [5.41, 5.74) is 8.42. The van der Waals surface area contributed by atoms with Gasteiger partial charge in [-0.05, 0) is 30.2 Å². The third-order valence-corrected chi connectivity index (χ3v) is 3.18.